The number of rotatable bonds is 9. The van der Waals surface area contributed by atoms with Gasteiger partial charge < -0.3 is 24.3 Å². The van der Waals surface area contributed by atoms with Gasteiger partial charge in [0, 0.05) is 6.04 Å². The lowest BCUT2D eigenvalue weighted by atomic mass is 9.93. The molecule has 146 valence electrons. The van der Waals surface area contributed by atoms with Gasteiger partial charge in [-0.15, -0.1) is 0 Å². The van der Waals surface area contributed by atoms with Crippen molar-refractivity contribution in [1.29, 1.82) is 0 Å². The van der Waals surface area contributed by atoms with E-state index in [9.17, 15) is 4.79 Å². The first-order valence-electron chi connectivity index (χ1n) is 9.15. The van der Waals surface area contributed by atoms with Crippen LogP contribution >= 0.6 is 0 Å². The number of ether oxygens (including phenoxy) is 3. The minimum atomic E-state index is -0.0425. The number of fused-ring (bicyclic) bond motifs is 1. The van der Waals surface area contributed by atoms with E-state index < -0.39 is 0 Å². The maximum Gasteiger partial charge on any atom is 0.203 e. The molecule has 0 aromatic heterocycles. The van der Waals surface area contributed by atoms with Crippen molar-refractivity contribution in [3.8, 4) is 17.2 Å². The Morgan fingerprint density at radius 1 is 0.929 bits per heavy atom. The zero-order valence-corrected chi connectivity index (χ0v) is 16.4. The van der Waals surface area contributed by atoms with Crippen molar-refractivity contribution in [1.82, 2.24) is 5.32 Å². The van der Waals surface area contributed by atoms with Crippen molar-refractivity contribution in [3.05, 3.63) is 65.7 Å². The molecule has 3 aromatic rings. The summed E-state index contributed by atoms with van der Waals surface area (Å²) in [5, 5.41) is 5.69. The van der Waals surface area contributed by atoms with Crippen molar-refractivity contribution in [2.24, 2.45) is 0 Å². The average molecular weight is 379 g/mol. The highest BCUT2D eigenvalue weighted by atomic mass is 16.5. The fraction of sp³-hybridized carbons (Fsp3) is 0.261. The normalized spacial score (nSPS) is 11.8. The minimum absolute atomic E-state index is 0.0425. The quantitative estimate of drug-likeness (QED) is 0.571. The number of hydrogen-bond acceptors (Lipinski definition) is 5. The molecule has 0 amide bonds. The Morgan fingerprint density at radius 2 is 1.61 bits per heavy atom. The third-order valence-corrected chi connectivity index (χ3v) is 4.81. The van der Waals surface area contributed by atoms with E-state index in [0.717, 1.165) is 17.4 Å². The summed E-state index contributed by atoms with van der Waals surface area (Å²) in [6.07, 6.45) is 1.55. The molecule has 3 aromatic carbocycles. The van der Waals surface area contributed by atoms with Gasteiger partial charge in [0.2, 0.25) is 5.75 Å². The summed E-state index contributed by atoms with van der Waals surface area (Å²) in [4.78, 5) is 11.0. The van der Waals surface area contributed by atoms with Crippen molar-refractivity contribution >= 4 is 17.1 Å². The summed E-state index contributed by atoms with van der Waals surface area (Å²) in [6.45, 7) is 0.276. The molecule has 5 heteroatoms. The molecule has 1 N–H and O–H groups in total. The number of benzene rings is 3. The van der Waals surface area contributed by atoms with E-state index in [1.165, 1.54) is 10.8 Å². The lowest BCUT2D eigenvalue weighted by molar-refractivity contribution is -0.107. The van der Waals surface area contributed by atoms with E-state index in [2.05, 4.69) is 29.6 Å². The summed E-state index contributed by atoms with van der Waals surface area (Å²) in [6, 6.07) is 18.3. The predicted octanol–water partition coefficient (Wildman–Crippen LogP) is 3.94. The van der Waals surface area contributed by atoms with Crippen molar-refractivity contribution in [3.63, 3.8) is 0 Å². The summed E-state index contributed by atoms with van der Waals surface area (Å²) < 4.78 is 16.4. The standard InChI is InChI=1S/C23H25NO4/c1-26-21-14-16(15-22(27-2)23(21)28-3)13-20(24-11-12-25)19-10-6-8-17-7-4-5-9-18(17)19/h4-10,12,14-15,20,24H,11,13H2,1-3H3/t20-/m1/s1. The summed E-state index contributed by atoms with van der Waals surface area (Å²) in [5.74, 6) is 1.80. The number of aldehydes is 1. The number of carbonyl (C=O) groups excluding carboxylic acids is 1. The zero-order chi connectivity index (χ0) is 19.9. The minimum Gasteiger partial charge on any atom is -0.493 e. The van der Waals surface area contributed by atoms with Crippen molar-refractivity contribution in [2.75, 3.05) is 27.9 Å². The largest absolute Gasteiger partial charge is 0.493 e. The van der Waals surface area contributed by atoms with Crippen molar-refractivity contribution in [2.45, 2.75) is 12.5 Å². The van der Waals surface area contributed by atoms with Gasteiger partial charge in [0.15, 0.2) is 11.5 Å². The second-order valence-corrected chi connectivity index (χ2v) is 6.43. The van der Waals surface area contributed by atoms with Crippen LogP contribution in [0.5, 0.6) is 17.2 Å². The molecule has 0 heterocycles. The lowest BCUT2D eigenvalue weighted by Crippen LogP contribution is -2.25. The molecule has 0 fully saturated rings. The molecular weight excluding hydrogens is 354 g/mol. The number of carbonyl (C=O) groups is 1. The SMILES string of the molecule is COc1cc(C[C@@H](NCC=O)c2cccc3ccccc23)cc(OC)c1OC. The Labute approximate surface area is 165 Å². The van der Waals surface area contributed by atoms with Crippen LogP contribution in [-0.2, 0) is 11.2 Å². The Bertz CT molecular complexity index is 924. The van der Waals surface area contributed by atoms with Crippen molar-refractivity contribution < 1.29 is 19.0 Å². The van der Waals surface area contributed by atoms with Gasteiger partial charge in [0.25, 0.3) is 0 Å². The van der Waals surface area contributed by atoms with Crippen LogP contribution in [0.3, 0.4) is 0 Å². The summed E-state index contributed by atoms with van der Waals surface area (Å²) in [5.41, 5.74) is 2.17. The highest BCUT2D eigenvalue weighted by Gasteiger charge is 2.18. The van der Waals surface area contributed by atoms with Crippen LogP contribution in [0, 0.1) is 0 Å². The predicted molar refractivity (Wildman–Crippen MR) is 111 cm³/mol. The molecule has 0 saturated carbocycles. The number of hydrogen-bond donors (Lipinski definition) is 1. The topological polar surface area (TPSA) is 56.8 Å². The molecule has 28 heavy (non-hydrogen) atoms. The fourth-order valence-electron chi connectivity index (χ4n) is 3.53. The van der Waals surface area contributed by atoms with Crippen LogP contribution < -0.4 is 19.5 Å². The van der Waals surface area contributed by atoms with Crippen LogP contribution in [0.1, 0.15) is 17.2 Å². The molecule has 0 aliphatic carbocycles. The maximum absolute atomic E-state index is 11.0. The van der Waals surface area contributed by atoms with E-state index in [1.807, 2.05) is 30.3 Å². The smallest absolute Gasteiger partial charge is 0.203 e. The molecule has 5 nitrogen and oxygen atoms in total. The number of nitrogens with one attached hydrogen (secondary N) is 1. The molecule has 0 bridgehead atoms. The van der Waals surface area contributed by atoms with Crippen LogP contribution in [0.15, 0.2) is 54.6 Å². The van der Waals surface area contributed by atoms with E-state index in [4.69, 9.17) is 14.2 Å². The summed E-state index contributed by atoms with van der Waals surface area (Å²) in [7, 11) is 4.80. The molecule has 0 aliphatic rings. The van der Waals surface area contributed by atoms with E-state index in [0.29, 0.717) is 23.7 Å². The first-order chi connectivity index (χ1) is 13.7. The second-order valence-electron chi connectivity index (χ2n) is 6.43. The zero-order valence-electron chi connectivity index (χ0n) is 16.4. The summed E-state index contributed by atoms with van der Waals surface area (Å²) >= 11 is 0. The van der Waals surface area contributed by atoms with Crippen LogP contribution in [-0.4, -0.2) is 34.2 Å². The second kappa shape index (κ2) is 9.24. The molecule has 0 spiro atoms. The Kier molecular flexibility index (Phi) is 6.50. The highest BCUT2D eigenvalue weighted by Crippen LogP contribution is 2.39. The first-order valence-corrected chi connectivity index (χ1v) is 9.15. The van der Waals surface area contributed by atoms with Gasteiger partial charge in [-0.05, 0) is 40.5 Å². The molecule has 3 rings (SSSR count). The van der Waals surface area contributed by atoms with Gasteiger partial charge in [0.05, 0.1) is 27.9 Å². The molecule has 0 saturated heterocycles. The van der Waals surface area contributed by atoms with Gasteiger partial charge in [-0.3, -0.25) is 0 Å². The van der Waals surface area contributed by atoms with E-state index >= 15 is 0 Å². The van der Waals surface area contributed by atoms with E-state index in [1.54, 1.807) is 21.3 Å². The first kappa shape index (κ1) is 19.7. The molecule has 0 aliphatic heterocycles. The van der Waals surface area contributed by atoms with Gasteiger partial charge in [-0.1, -0.05) is 42.5 Å². The van der Waals surface area contributed by atoms with Gasteiger partial charge >= 0.3 is 0 Å². The Morgan fingerprint density at radius 3 is 2.25 bits per heavy atom. The highest BCUT2D eigenvalue weighted by molar-refractivity contribution is 5.86. The third-order valence-electron chi connectivity index (χ3n) is 4.81. The van der Waals surface area contributed by atoms with Gasteiger partial charge in [0.1, 0.15) is 6.29 Å². The van der Waals surface area contributed by atoms with Gasteiger partial charge in [-0.2, -0.15) is 0 Å². The van der Waals surface area contributed by atoms with Crippen LogP contribution in [0.4, 0.5) is 0 Å². The Balaban J connectivity index is 2.03. The molecule has 1 atom stereocenters. The van der Waals surface area contributed by atoms with Crippen LogP contribution in [0.2, 0.25) is 0 Å². The van der Waals surface area contributed by atoms with E-state index in [-0.39, 0.29) is 12.6 Å². The maximum atomic E-state index is 11.0. The average Bonchev–Trinajstić information content (AvgIpc) is 2.75. The molecule has 0 radical (unpaired) electrons. The fourth-order valence-corrected chi connectivity index (χ4v) is 3.53. The molecule has 0 unspecified atom stereocenters. The molecular formula is C23H25NO4. The lowest BCUT2D eigenvalue weighted by Gasteiger charge is -2.21. The van der Waals surface area contributed by atoms with Crippen LogP contribution in [0.25, 0.3) is 10.8 Å². The monoisotopic (exact) mass is 379 g/mol. The number of methoxy groups -OCH3 is 3. The Hall–Kier alpha value is -3.05. The van der Waals surface area contributed by atoms with Gasteiger partial charge in [-0.25, -0.2) is 0 Å². The third kappa shape index (κ3) is 4.10.